The van der Waals surface area contributed by atoms with Gasteiger partial charge in [0.2, 0.25) is 0 Å². The highest BCUT2D eigenvalue weighted by atomic mass is 32.5. The minimum atomic E-state index is -2.79. The van der Waals surface area contributed by atoms with Gasteiger partial charge in [-0.15, -0.1) is 0 Å². The van der Waals surface area contributed by atoms with Crippen LogP contribution in [0, 0.1) is 0 Å². The molecule has 0 saturated carbocycles. The van der Waals surface area contributed by atoms with Crippen LogP contribution in [0.1, 0.15) is 40.2 Å². The summed E-state index contributed by atoms with van der Waals surface area (Å²) in [5, 5.41) is 6.40. The summed E-state index contributed by atoms with van der Waals surface area (Å²) in [6.45, 7) is 7.12. The number of hydrogen-bond acceptors (Lipinski definition) is 7. The first kappa shape index (κ1) is 21.6. The Morgan fingerprint density at radius 2 is 1.76 bits per heavy atom. The molecule has 0 atom stereocenters. The number of benzene rings is 1. The first-order valence-electron chi connectivity index (χ1n) is 8.01. The summed E-state index contributed by atoms with van der Waals surface area (Å²) < 4.78 is 16.6. The lowest BCUT2D eigenvalue weighted by Gasteiger charge is -2.21. The molecule has 0 aliphatic rings. The summed E-state index contributed by atoms with van der Waals surface area (Å²) in [5.41, 5.74) is 1.34. The van der Waals surface area contributed by atoms with E-state index in [1.165, 1.54) is 0 Å². The molecule has 0 unspecified atom stereocenters. The third-order valence-electron chi connectivity index (χ3n) is 2.74. The Balaban J connectivity index is 2.74. The highest BCUT2D eigenvalue weighted by molar-refractivity contribution is 8.07. The van der Waals surface area contributed by atoms with Gasteiger partial charge >= 0.3 is 12.8 Å². The van der Waals surface area contributed by atoms with Crippen LogP contribution in [0.5, 0.6) is 5.75 Å². The second kappa shape index (κ2) is 10.5. The molecule has 0 spiro atoms. The van der Waals surface area contributed by atoms with E-state index in [0.717, 1.165) is 5.56 Å². The van der Waals surface area contributed by atoms with Gasteiger partial charge in [-0.05, 0) is 64.4 Å². The minimum absolute atomic E-state index is 0.0166. The van der Waals surface area contributed by atoms with Crippen molar-refractivity contribution < 1.29 is 23.2 Å². The molecule has 1 N–H and O–H groups in total. The van der Waals surface area contributed by atoms with Gasteiger partial charge in [-0.1, -0.05) is 5.16 Å². The zero-order chi connectivity index (χ0) is 18.9. The molecule has 0 bridgehead atoms. The van der Waals surface area contributed by atoms with Crippen molar-refractivity contribution in [1.82, 2.24) is 5.32 Å². The van der Waals surface area contributed by atoms with E-state index in [1.807, 2.05) is 27.7 Å². The maximum absolute atomic E-state index is 11.4. The average molecular weight is 388 g/mol. The topological polar surface area (TPSA) is 78.4 Å². The third-order valence-corrected chi connectivity index (χ3v) is 5.18. The van der Waals surface area contributed by atoms with Crippen LogP contribution < -0.4 is 9.84 Å². The molecule has 25 heavy (non-hydrogen) atoms. The van der Waals surface area contributed by atoms with E-state index < -0.39 is 12.8 Å². The molecule has 0 fully saturated rings. The maximum Gasteiger partial charge on any atom is 0.433 e. The van der Waals surface area contributed by atoms with Crippen LogP contribution in [-0.4, -0.2) is 31.1 Å². The van der Waals surface area contributed by atoms with Gasteiger partial charge in [0.1, 0.15) is 5.75 Å². The second-order valence-electron chi connectivity index (χ2n) is 5.25. The number of carbonyl (C=O) groups is 1. The SMILES string of the molecule is CCOP(=S)(OCC)Oc1ccc(/C(C)=N\OC(=O)NC(C)C)cc1. The molecule has 0 heterocycles. The molecule has 1 aromatic rings. The zero-order valence-electron chi connectivity index (χ0n) is 15.1. The second-order valence-corrected chi connectivity index (χ2v) is 8.19. The fourth-order valence-corrected chi connectivity index (χ4v) is 3.80. The zero-order valence-corrected chi connectivity index (χ0v) is 16.9. The quantitative estimate of drug-likeness (QED) is 0.295. The highest BCUT2D eigenvalue weighted by Gasteiger charge is 2.21. The molecule has 0 radical (unpaired) electrons. The number of nitrogens with one attached hydrogen (secondary N) is 1. The summed E-state index contributed by atoms with van der Waals surface area (Å²) in [7, 11) is 0. The van der Waals surface area contributed by atoms with Crippen LogP contribution in [0.15, 0.2) is 29.4 Å². The van der Waals surface area contributed by atoms with E-state index >= 15 is 0 Å². The standard InChI is InChI=1S/C16H25N2O5PS/c1-6-20-24(25,21-7-2)23-15-10-8-14(9-11-15)13(5)18-22-16(19)17-12(3)4/h8-12H,6-7H2,1-5H3,(H,17,19)/b18-13-. The van der Waals surface area contributed by atoms with Gasteiger partial charge in [0.25, 0.3) is 0 Å². The largest absolute Gasteiger partial charge is 0.433 e. The van der Waals surface area contributed by atoms with E-state index in [-0.39, 0.29) is 6.04 Å². The van der Waals surface area contributed by atoms with Crippen molar-refractivity contribution in [3.05, 3.63) is 29.8 Å². The van der Waals surface area contributed by atoms with Crippen molar-refractivity contribution in [3.8, 4) is 5.75 Å². The molecule has 7 nitrogen and oxygen atoms in total. The molecule has 0 aliphatic heterocycles. The number of nitrogens with zero attached hydrogens (tertiary/aromatic N) is 1. The number of oxime groups is 1. The number of amides is 1. The summed E-state index contributed by atoms with van der Waals surface area (Å²) >= 11 is 5.33. The van der Waals surface area contributed by atoms with E-state index in [1.54, 1.807) is 31.2 Å². The van der Waals surface area contributed by atoms with E-state index in [9.17, 15) is 4.79 Å². The van der Waals surface area contributed by atoms with E-state index in [4.69, 9.17) is 30.2 Å². The number of carbonyl (C=O) groups excluding carboxylic acids is 1. The first-order chi connectivity index (χ1) is 11.8. The maximum atomic E-state index is 11.4. The molecule has 1 amide bonds. The first-order valence-corrected chi connectivity index (χ1v) is 10.6. The van der Waals surface area contributed by atoms with Crippen molar-refractivity contribution in [2.45, 2.75) is 40.7 Å². The van der Waals surface area contributed by atoms with Crippen LogP contribution >= 0.6 is 6.72 Å². The lowest BCUT2D eigenvalue weighted by molar-refractivity contribution is 0.148. The predicted molar refractivity (Wildman–Crippen MR) is 102 cm³/mol. The smallest absolute Gasteiger partial charge is 0.424 e. The summed E-state index contributed by atoms with van der Waals surface area (Å²) in [6.07, 6.45) is -0.594. The van der Waals surface area contributed by atoms with Crippen LogP contribution in [-0.2, 0) is 25.7 Å². The molecule has 9 heteroatoms. The molecule has 1 rings (SSSR count). The van der Waals surface area contributed by atoms with Crippen LogP contribution in [0.4, 0.5) is 4.79 Å². The van der Waals surface area contributed by atoms with Crippen molar-refractivity contribution in [1.29, 1.82) is 0 Å². The monoisotopic (exact) mass is 388 g/mol. The van der Waals surface area contributed by atoms with Gasteiger partial charge < -0.3 is 9.84 Å². The van der Waals surface area contributed by atoms with Crippen molar-refractivity contribution in [2.24, 2.45) is 5.16 Å². The third kappa shape index (κ3) is 7.96. The van der Waals surface area contributed by atoms with Crippen molar-refractivity contribution in [3.63, 3.8) is 0 Å². The summed E-state index contributed by atoms with van der Waals surface area (Å²) in [6, 6.07) is 7.03. The predicted octanol–water partition coefficient (Wildman–Crippen LogP) is 4.22. The van der Waals surface area contributed by atoms with Gasteiger partial charge in [0.05, 0.1) is 18.9 Å². The summed E-state index contributed by atoms with van der Waals surface area (Å²) in [4.78, 5) is 16.2. The minimum Gasteiger partial charge on any atom is -0.424 e. The average Bonchev–Trinajstić information content (AvgIpc) is 2.53. The fraction of sp³-hybridized carbons (Fsp3) is 0.500. The molecular formula is C16H25N2O5PS. The van der Waals surface area contributed by atoms with Crippen molar-refractivity contribution in [2.75, 3.05) is 13.2 Å². The van der Waals surface area contributed by atoms with E-state index in [0.29, 0.717) is 24.7 Å². The van der Waals surface area contributed by atoms with Gasteiger partial charge in [0.15, 0.2) is 0 Å². The Bertz CT molecular complexity index is 624. The molecular weight excluding hydrogens is 363 g/mol. The normalized spacial score (nSPS) is 12.2. The van der Waals surface area contributed by atoms with E-state index in [2.05, 4.69) is 10.5 Å². The number of hydrogen-bond donors (Lipinski definition) is 1. The lowest BCUT2D eigenvalue weighted by Crippen LogP contribution is -2.29. The molecule has 140 valence electrons. The van der Waals surface area contributed by atoms with Crippen LogP contribution in [0.25, 0.3) is 0 Å². The van der Waals surface area contributed by atoms with Crippen molar-refractivity contribution >= 4 is 30.3 Å². The fourth-order valence-electron chi connectivity index (χ4n) is 1.72. The Morgan fingerprint density at radius 1 is 1.20 bits per heavy atom. The number of rotatable bonds is 9. The summed E-state index contributed by atoms with van der Waals surface area (Å²) in [5.74, 6) is 0.542. The van der Waals surface area contributed by atoms with Gasteiger partial charge in [-0.25, -0.2) is 4.79 Å². The Kier molecular flexibility index (Phi) is 9.06. The lowest BCUT2D eigenvalue weighted by atomic mass is 10.1. The Labute approximate surface area is 153 Å². The van der Waals surface area contributed by atoms with Gasteiger partial charge in [0, 0.05) is 17.8 Å². The molecule has 0 aliphatic carbocycles. The van der Waals surface area contributed by atoms with Gasteiger partial charge in [-0.3, -0.25) is 13.9 Å². The highest BCUT2D eigenvalue weighted by Crippen LogP contribution is 2.49. The Morgan fingerprint density at radius 3 is 2.24 bits per heavy atom. The van der Waals surface area contributed by atoms with Crippen LogP contribution in [0.3, 0.4) is 0 Å². The van der Waals surface area contributed by atoms with Crippen LogP contribution in [0.2, 0.25) is 0 Å². The molecule has 0 aromatic heterocycles. The molecule has 0 saturated heterocycles. The molecule has 1 aromatic carbocycles. The Hall–Kier alpha value is -1.47. The van der Waals surface area contributed by atoms with Gasteiger partial charge in [-0.2, -0.15) is 0 Å².